The maximum absolute atomic E-state index is 6.47. The standard InChI is InChI=1S/C17H16Cl2S/c18-15-11-17(12-16(19)20-15,13-7-3-1-4-8-13)14-9-5-2-6-10-14/h1-10,15-16H,11-12H2. The summed E-state index contributed by atoms with van der Waals surface area (Å²) in [6, 6.07) is 21.2. The largest absolute Gasteiger partial charge is 0.123 e. The molecule has 1 saturated heterocycles. The molecule has 0 bridgehead atoms. The third-order valence-electron chi connectivity index (χ3n) is 3.97. The molecule has 2 aromatic carbocycles. The molecule has 0 nitrogen and oxygen atoms in total. The molecule has 0 amide bonds. The minimum absolute atomic E-state index is 0.0478. The summed E-state index contributed by atoms with van der Waals surface area (Å²) in [5.74, 6) is 0. The van der Waals surface area contributed by atoms with E-state index in [1.807, 2.05) is 0 Å². The number of hydrogen-bond donors (Lipinski definition) is 0. The molecule has 0 N–H and O–H groups in total. The lowest BCUT2D eigenvalue weighted by Gasteiger charge is -2.42. The third-order valence-corrected chi connectivity index (χ3v) is 5.82. The first-order valence-electron chi connectivity index (χ1n) is 6.75. The van der Waals surface area contributed by atoms with Crippen LogP contribution in [-0.4, -0.2) is 9.42 Å². The number of thioether (sulfide) groups is 1. The third kappa shape index (κ3) is 2.72. The van der Waals surface area contributed by atoms with Gasteiger partial charge in [-0.2, -0.15) is 0 Å². The number of alkyl halides is 2. The maximum Gasteiger partial charge on any atom is 0.0815 e. The highest BCUT2D eigenvalue weighted by atomic mass is 35.5. The van der Waals surface area contributed by atoms with Crippen molar-refractivity contribution in [2.24, 2.45) is 0 Å². The molecule has 2 aromatic rings. The second-order valence-corrected chi connectivity index (χ2v) is 8.16. The highest BCUT2D eigenvalue weighted by Gasteiger charge is 2.42. The van der Waals surface area contributed by atoms with E-state index < -0.39 is 0 Å². The van der Waals surface area contributed by atoms with Gasteiger partial charge in [0.05, 0.1) is 9.42 Å². The van der Waals surface area contributed by atoms with Crippen molar-refractivity contribution >= 4 is 35.0 Å². The monoisotopic (exact) mass is 322 g/mol. The molecule has 1 heterocycles. The molecule has 0 aromatic heterocycles. The molecule has 0 aliphatic carbocycles. The number of rotatable bonds is 2. The second-order valence-electron chi connectivity index (χ2n) is 5.18. The van der Waals surface area contributed by atoms with Crippen molar-refractivity contribution < 1.29 is 0 Å². The topological polar surface area (TPSA) is 0 Å². The summed E-state index contributed by atoms with van der Waals surface area (Å²) < 4.78 is 0.0957. The first-order valence-corrected chi connectivity index (χ1v) is 8.57. The van der Waals surface area contributed by atoms with Crippen LogP contribution in [-0.2, 0) is 5.41 Å². The van der Waals surface area contributed by atoms with Crippen molar-refractivity contribution in [2.45, 2.75) is 27.7 Å². The highest BCUT2D eigenvalue weighted by Crippen LogP contribution is 2.51. The average molecular weight is 323 g/mol. The van der Waals surface area contributed by atoms with Crippen LogP contribution in [0.25, 0.3) is 0 Å². The Morgan fingerprint density at radius 3 is 1.55 bits per heavy atom. The van der Waals surface area contributed by atoms with Crippen LogP contribution in [0.15, 0.2) is 60.7 Å². The molecule has 20 heavy (non-hydrogen) atoms. The molecule has 1 aliphatic rings. The van der Waals surface area contributed by atoms with Gasteiger partial charge in [0.1, 0.15) is 0 Å². The van der Waals surface area contributed by atoms with Gasteiger partial charge in [-0.3, -0.25) is 0 Å². The maximum atomic E-state index is 6.47. The minimum atomic E-state index is -0.0768. The lowest BCUT2D eigenvalue weighted by molar-refractivity contribution is 0.456. The fourth-order valence-electron chi connectivity index (χ4n) is 3.04. The lowest BCUT2D eigenvalue weighted by Crippen LogP contribution is -2.36. The van der Waals surface area contributed by atoms with Crippen LogP contribution in [0.3, 0.4) is 0 Å². The molecule has 2 atom stereocenters. The van der Waals surface area contributed by atoms with E-state index in [1.54, 1.807) is 11.8 Å². The van der Waals surface area contributed by atoms with Gasteiger partial charge in [-0.25, -0.2) is 0 Å². The Labute approximate surface area is 134 Å². The fourth-order valence-corrected chi connectivity index (χ4v) is 5.55. The summed E-state index contributed by atoms with van der Waals surface area (Å²) >= 11 is 14.6. The predicted molar refractivity (Wildman–Crippen MR) is 89.8 cm³/mol. The van der Waals surface area contributed by atoms with Crippen molar-refractivity contribution in [2.75, 3.05) is 0 Å². The summed E-state index contributed by atoms with van der Waals surface area (Å²) in [7, 11) is 0. The first kappa shape index (κ1) is 14.3. The highest BCUT2D eigenvalue weighted by molar-refractivity contribution is 8.02. The van der Waals surface area contributed by atoms with E-state index in [2.05, 4.69) is 60.7 Å². The van der Waals surface area contributed by atoms with Crippen LogP contribution in [0.5, 0.6) is 0 Å². The van der Waals surface area contributed by atoms with Gasteiger partial charge in [0.2, 0.25) is 0 Å². The fraction of sp³-hybridized carbons (Fsp3) is 0.294. The summed E-state index contributed by atoms with van der Waals surface area (Å²) in [5.41, 5.74) is 2.54. The molecule has 3 rings (SSSR count). The summed E-state index contributed by atoms with van der Waals surface area (Å²) in [6.07, 6.45) is 1.83. The van der Waals surface area contributed by atoms with Gasteiger partial charge < -0.3 is 0 Å². The normalized spacial score (nSPS) is 25.3. The van der Waals surface area contributed by atoms with E-state index in [4.69, 9.17) is 23.2 Å². The predicted octanol–water partition coefficient (Wildman–Crippen LogP) is 5.63. The van der Waals surface area contributed by atoms with Gasteiger partial charge in [-0.15, -0.1) is 35.0 Å². The SMILES string of the molecule is ClC1CC(c2ccccc2)(c2ccccc2)CC(Cl)S1. The van der Waals surface area contributed by atoms with Crippen LogP contribution in [0.1, 0.15) is 24.0 Å². The Balaban J connectivity index is 2.13. The van der Waals surface area contributed by atoms with Crippen molar-refractivity contribution in [1.82, 2.24) is 0 Å². The Kier molecular flexibility index (Phi) is 4.30. The quantitative estimate of drug-likeness (QED) is 0.646. The van der Waals surface area contributed by atoms with Gasteiger partial charge >= 0.3 is 0 Å². The molecule has 2 unspecified atom stereocenters. The smallest absolute Gasteiger partial charge is 0.0815 e. The van der Waals surface area contributed by atoms with E-state index in [-0.39, 0.29) is 14.8 Å². The van der Waals surface area contributed by atoms with Crippen LogP contribution >= 0.6 is 35.0 Å². The molecule has 0 saturated carbocycles. The zero-order valence-electron chi connectivity index (χ0n) is 11.0. The van der Waals surface area contributed by atoms with E-state index in [9.17, 15) is 0 Å². The molecule has 1 fully saturated rings. The Bertz CT molecular complexity index is 504. The van der Waals surface area contributed by atoms with Crippen molar-refractivity contribution in [1.29, 1.82) is 0 Å². The van der Waals surface area contributed by atoms with Crippen LogP contribution in [0.4, 0.5) is 0 Å². The Hall–Kier alpha value is -0.630. The van der Waals surface area contributed by atoms with Gasteiger partial charge in [0.25, 0.3) is 0 Å². The molecule has 1 aliphatic heterocycles. The second kappa shape index (κ2) is 6.01. The average Bonchev–Trinajstić information content (AvgIpc) is 2.48. The zero-order chi connectivity index (χ0) is 14.0. The van der Waals surface area contributed by atoms with Gasteiger partial charge in [-0.05, 0) is 24.0 Å². The Morgan fingerprint density at radius 2 is 1.15 bits per heavy atom. The number of benzene rings is 2. The van der Waals surface area contributed by atoms with E-state index in [1.165, 1.54) is 11.1 Å². The Morgan fingerprint density at radius 1 is 0.750 bits per heavy atom. The lowest BCUT2D eigenvalue weighted by atomic mass is 9.70. The van der Waals surface area contributed by atoms with Gasteiger partial charge in [-0.1, -0.05) is 60.7 Å². The van der Waals surface area contributed by atoms with Crippen LogP contribution < -0.4 is 0 Å². The van der Waals surface area contributed by atoms with Crippen molar-refractivity contribution in [3.8, 4) is 0 Å². The van der Waals surface area contributed by atoms with Gasteiger partial charge in [0, 0.05) is 5.41 Å². The van der Waals surface area contributed by atoms with Crippen LogP contribution in [0.2, 0.25) is 0 Å². The molecule has 3 heteroatoms. The summed E-state index contributed by atoms with van der Waals surface area (Å²) in [4.78, 5) is 0. The molecular weight excluding hydrogens is 307 g/mol. The van der Waals surface area contributed by atoms with E-state index in [0.29, 0.717) is 0 Å². The van der Waals surface area contributed by atoms with E-state index in [0.717, 1.165) is 12.8 Å². The zero-order valence-corrected chi connectivity index (χ0v) is 13.3. The molecular formula is C17H16Cl2S. The minimum Gasteiger partial charge on any atom is -0.123 e. The summed E-state index contributed by atoms with van der Waals surface area (Å²) in [5, 5.41) is 0. The number of halogens is 2. The first-order chi connectivity index (χ1) is 9.71. The summed E-state index contributed by atoms with van der Waals surface area (Å²) in [6.45, 7) is 0. The molecule has 104 valence electrons. The molecule has 0 spiro atoms. The van der Waals surface area contributed by atoms with Gasteiger partial charge in [0.15, 0.2) is 0 Å². The van der Waals surface area contributed by atoms with E-state index >= 15 is 0 Å². The van der Waals surface area contributed by atoms with Crippen molar-refractivity contribution in [3.63, 3.8) is 0 Å². The number of hydrogen-bond acceptors (Lipinski definition) is 1. The van der Waals surface area contributed by atoms with Crippen molar-refractivity contribution in [3.05, 3.63) is 71.8 Å². The van der Waals surface area contributed by atoms with Crippen LogP contribution in [0, 0.1) is 0 Å². The molecule has 0 radical (unpaired) electrons.